The molecule has 1 saturated heterocycles. The number of halogens is 2. The van der Waals surface area contributed by atoms with Crippen LogP contribution in [0.1, 0.15) is 24.0 Å². The van der Waals surface area contributed by atoms with Crippen LogP contribution in [0.15, 0.2) is 71.9 Å². The van der Waals surface area contributed by atoms with E-state index in [0.717, 1.165) is 11.1 Å². The smallest absolute Gasteiger partial charge is 0.326 e. The fourth-order valence-corrected chi connectivity index (χ4v) is 6.15. The molecule has 37 heavy (non-hydrogen) atoms. The Balaban J connectivity index is 1.37. The fourth-order valence-electron chi connectivity index (χ4n) is 4.04. The molecule has 1 unspecified atom stereocenters. The van der Waals surface area contributed by atoms with E-state index in [1.165, 1.54) is 6.07 Å². The number of aliphatic carboxylic acids is 1. The van der Waals surface area contributed by atoms with Crippen molar-refractivity contribution in [2.75, 3.05) is 6.54 Å². The Hall–Kier alpha value is -2.98. The molecule has 8 nitrogen and oxygen atoms in total. The van der Waals surface area contributed by atoms with Crippen LogP contribution in [0.2, 0.25) is 10.0 Å². The number of benzene rings is 2. The topological polar surface area (TPSA) is 109 Å². The Bertz CT molecular complexity index is 1260. The molecule has 194 valence electrons. The van der Waals surface area contributed by atoms with Crippen molar-refractivity contribution in [2.24, 2.45) is 0 Å². The van der Waals surface area contributed by atoms with Crippen molar-refractivity contribution in [2.45, 2.75) is 42.8 Å². The van der Waals surface area contributed by atoms with E-state index in [-0.39, 0.29) is 6.42 Å². The average molecular weight is 562 g/mol. The highest BCUT2D eigenvalue weighted by Crippen LogP contribution is 2.27. The van der Waals surface area contributed by atoms with E-state index < -0.39 is 34.9 Å². The highest BCUT2D eigenvalue weighted by atomic mass is 35.5. The van der Waals surface area contributed by atoms with E-state index >= 15 is 0 Å². The number of ether oxygens (including phenoxy) is 1. The summed E-state index contributed by atoms with van der Waals surface area (Å²) >= 11 is 12.1. The molecule has 1 amide bonds. The van der Waals surface area contributed by atoms with Crippen LogP contribution in [-0.2, 0) is 33.6 Å². The van der Waals surface area contributed by atoms with Crippen molar-refractivity contribution in [1.82, 2.24) is 14.6 Å². The molecule has 2 aromatic carbocycles. The summed E-state index contributed by atoms with van der Waals surface area (Å²) in [6, 6.07) is 13.5. The van der Waals surface area contributed by atoms with E-state index in [4.69, 9.17) is 27.9 Å². The molecule has 0 bridgehead atoms. The van der Waals surface area contributed by atoms with Gasteiger partial charge in [-0.2, -0.15) is 0 Å². The van der Waals surface area contributed by atoms with Gasteiger partial charge in [0, 0.05) is 41.0 Å². The number of carbonyl (C=O) groups is 2. The van der Waals surface area contributed by atoms with Crippen molar-refractivity contribution in [3.63, 3.8) is 0 Å². The number of carbonyl (C=O) groups excluding carboxylic acids is 1. The normalized spacial score (nSPS) is 17.2. The number of aromatic nitrogens is 1. The van der Waals surface area contributed by atoms with Gasteiger partial charge in [-0.1, -0.05) is 41.4 Å². The minimum Gasteiger partial charge on any atom is -0.489 e. The first-order valence-electron chi connectivity index (χ1n) is 11.6. The zero-order chi connectivity index (χ0) is 26.4. The molecule has 1 aliphatic rings. The van der Waals surface area contributed by atoms with Gasteiger partial charge in [0.05, 0.1) is 4.90 Å². The Kier molecular flexibility index (Phi) is 9.15. The highest BCUT2D eigenvalue weighted by Gasteiger charge is 2.36. The summed E-state index contributed by atoms with van der Waals surface area (Å²) in [6.45, 7) is 0.786. The number of carboxylic acids is 1. The largest absolute Gasteiger partial charge is 0.489 e. The molecule has 3 aromatic rings. The van der Waals surface area contributed by atoms with Crippen molar-refractivity contribution in [1.29, 1.82) is 0 Å². The predicted molar refractivity (Wildman–Crippen MR) is 141 cm³/mol. The first kappa shape index (κ1) is 27.1. The Labute approximate surface area is 227 Å². The van der Waals surface area contributed by atoms with Gasteiger partial charge in [-0.15, -0.1) is 0 Å². The van der Waals surface area contributed by atoms with Crippen LogP contribution in [0, 0.1) is 0 Å². The zero-order valence-electron chi connectivity index (χ0n) is 19.7. The molecule has 4 rings (SSSR count). The van der Waals surface area contributed by atoms with Crippen LogP contribution in [0.25, 0.3) is 0 Å². The molecule has 2 N–H and O–H groups in total. The molecule has 11 heteroatoms. The van der Waals surface area contributed by atoms with E-state index in [9.17, 15) is 18.9 Å². The van der Waals surface area contributed by atoms with Gasteiger partial charge in [0.25, 0.3) is 0 Å². The van der Waals surface area contributed by atoms with Gasteiger partial charge in [0.15, 0.2) is 0 Å². The zero-order valence-corrected chi connectivity index (χ0v) is 22.0. The molecule has 0 aliphatic carbocycles. The lowest BCUT2D eigenvalue weighted by atomic mass is 10.1. The first-order valence-corrected chi connectivity index (χ1v) is 13.4. The maximum atomic E-state index is 13.2. The van der Waals surface area contributed by atoms with Gasteiger partial charge in [-0.3, -0.25) is 9.78 Å². The molecule has 0 radical (unpaired) electrons. The lowest BCUT2D eigenvalue weighted by Crippen LogP contribution is -2.50. The molecule has 0 spiro atoms. The number of nitrogens with one attached hydrogen (secondary N) is 1. The number of hydrogen-bond donors (Lipinski definition) is 2. The Morgan fingerprint density at radius 2 is 1.86 bits per heavy atom. The maximum absolute atomic E-state index is 13.2. The molecule has 1 aromatic heterocycles. The first-order chi connectivity index (χ1) is 17.8. The van der Waals surface area contributed by atoms with E-state index in [1.807, 2.05) is 12.1 Å². The SMILES string of the molecule is O=C(O)[C@H](Cc1ccc(OCc2cccnc2)cc1)NC(=O)[C@@H]1CCCN1S(=O)c1cc(Cl)cc(Cl)c1. The number of carboxylic acid groups (broad SMARTS) is 1. The third-order valence-corrected chi connectivity index (χ3v) is 7.80. The molecule has 2 heterocycles. The number of nitrogens with zero attached hydrogens (tertiary/aromatic N) is 2. The van der Waals surface area contributed by atoms with E-state index in [1.54, 1.807) is 53.1 Å². The van der Waals surface area contributed by atoms with Gasteiger partial charge in [0.1, 0.15) is 35.4 Å². The second-order valence-electron chi connectivity index (χ2n) is 8.55. The summed E-state index contributed by atoms with van der Waals surface area (Å²) in [5.41, 5.74) is 1.66. The summed E-state index contributed by atoms with van der Waals surface area (Å²) in [4.78, 5) is 29.5. The van der Waals surface area contributed by atoms with Gasteiger partial charge >= 0.3 is 5.97 Å². The summed E-state index contributed by atoms with van der Waals surface area (Å²) < 4.78 is 20.4. The van der Waals surface area contributed by atoms with Crippen molar-refractivity contribution in [3.05, 3.63) is 88.2 Å². The van der Waals surface area contributed by atoms with Crippen LogP contribution < -0.4 is 10.1 Å². The predicted octanol–water partition coefficient (Wildman–Crippen LogP) is 4.27. The van der Waals surface area contributed by atoms with Gasteiger partial charge in [0.2, 0.25) is 5.91 Å². The molecule has 3 atom stereocenters. The molecular weight excluding hydrogens is 537 g/mol. The monoisotopic (exact) mass is 561 g/mol. The van der Waals surface area contributed by atoms with Crippen molar-refractivity contribution >= 4 is 46.1 Å². The minimum atomic E-state index is -1.67. The van der Waals surface area contributed by atoms with Crippen molar-refractivity contribution < 1.29 is 23.6 Å². The second kappa shape index (κ2) is 12.5. The van der Waals surface area contributed by atoms with Crippen LogP contribution in [0.4, 0.5) is 0 Å². The van der Waals surface area contributed by atoms with Gasteiger partial charge < -0.3 is 15.2 Å². The fraction of sp³-hybridized carbons (Fsp3) is 0.269. The lowest BCUT2D eigenvalue weighted by molar-refractivity contribution is -0.142. The maximum Gasteiger partial charge on any atom is 0.326 e. The van der Waals surface area contributed by atoms with Crippen LogP contribution in [-0.4, -0.2) is 49.1 Å². The van der Waals surface area contributed by atoms with Gasteiger partial charge in [-0.25, -0.2) is 13.3 Å². The highest BCUT2D eigenvalue weighted by molar-refractivity contribution is 7.82. The molecule has 1 fully saturated rings. The summed E-state index contributed by atoms with van der Waals surface area (Å²) in [5.74, 6) is -1.01. The summed E-state index contributed by atoms with van der Waals surface area (Å²) in [7, 11) is -1.67. The number of hydrogen-bond acceptors (Lipinski definition) is 5. The molecule has 0 saturated carbocycles. The summed E-state index contributed by atoms with van der Waals surface area (Å²) in [6.07, 6.45) is 4.61. The minimum absolute atomic E-state index is 0.0870. The summed E-state index contributed by atoms with van der Waals surface area (Å²) in [5, 5.41) is 13.1. The Morgan fingerprint density at radius 3 is 2.51 bits per heavy atom. The molecular formula is C26H25Cl2N3O5S. The van der Waals surface area contributed by atoms with Gasteiger partial charge in [-0.05, 0) is 54.8 Å². The number of rotatable bonds is 10. The third kappa shape index (κ3) is 7.29. The Morgan fingerprint density at radius 1 is 1.14 bits per heavy atom. The number of amides is 1. The number of pyridine rings is 1. The van der Waals surface area contributed by atoms with Crippen LogP contribution in [0.5, 0.6) is 5.75 Å². The second-order valence-corrected chi connectivity index (χ2v) is 10.9. The van der Waals surface area contributed by atoms with Crippen LogP contribution in [0.3, 0.4) is 0 Å². The average Bonchev–Trinajstić information content (AvgIpc) is 3.37. The quantitative estimate of drug-likeness (QED) is 0.382. The lowest BCUT2D eigenvalue weighted by Gasteiger charge is -2.24. The molecule has 1 aliphatic heterocycles. The third-order valence-electron chi connectivity index (χ3n) is 5.86. The van der Waals surface area contributed by atoms with Crippen molar-refractivity contribution in [3.8, 4) is 5.75 Å². The van der Waals surface area contributed by atoms with Crippen LogP contribution >= 0.6 is 23.2 Å². The standard InChI is InChI=1S/C26H25Cl2N3O5S/c27-19-12-20(28)14-22(13-19)37(35)31-10-2-4-24(31)25(32)30-23(26(33)34)11-17-5-7-21(8-6-17)36-16-18-3-1-9-29-15-18/h1,3,5-9,12-15,23-24H,2,4,10-11,16H2,(H,30,32)(H,33,34)/t23-,24-,37?/m0/s1. The van der Waals surface area contributed by atoms with E-state index in [0.29, 0.717) is 46.7 Å². The van der Waals surface area contributed by atoms with E-state index in [2.05, 4.69) is 10.3 Å².